The van der Waals surface area contributed by atoms with Crippen LogP contribution in [-0.2, 0) is 16.0 Å². The van der Waals surface area contributed by atoms with E-state index in [1.807, 2.05) is 24.3 Å². The van der Waals surface area contributed by atoms with E-state index in [0.717, 1.165) is 73.7 Å². The highest BCUT2D eigenvalue weighted by Gasteiger charge is 2.29. The van der Waals surface area contributed by atoms with Crippen molar-refractivity contribution in [1.82, 2.24) is 25.5 Å². The highest BCUT2D eigenvalue weighted by molar-refractivity contribution is 7.19. The molecule has 0 saturated carbocycles. The molecule has 0 aliphatic carbocycles. The minimum atomic E-state index is 0.0324. The number of fused-ring (bicyclic) bond motifs is 1. The number of carbonyl (C=O) groups is 2. The van der Waals surface area contributed by atoms with Gasteiger partial charge in [-0.25, -0.2) is 4.98 Å². The first kappa shape index (κ1) is 20.9. The van der Waals surface area contributed by atoms with Crippen molar-refractivity contribution in [1.29, 1.82) is 0 Å². The number of para-hydroxylation sites is 2. The lowest BCUT2D eigenvalue weighted by molar-refractivity contribution is -0.125. The maximum Gasteiger partial charge on any atom is 0.228 e. The molecule has 0 bridgehead atoms. The van der Waals surface area contributed by atoms with Crippen molar-refractivity contribution in [2.24, 2.45) is 5.92 Å². The van der Waals surface area contributed by atoms with E-state index in [0.29, 0.717) is 18.1 Å². The van der Waals surface area contributed by atoms with Crippen LogP contribution in [0.2, 0.25) is 0 Å². The van der Waals surface area contributed by atoms with E-state index in [9.17, 15) is 9.59 Å². The number of benzene rings is 1. The molecule has 1 aromatic carbocycles. The number of rotatable bonds is 7. The predicted octanol–water partition coefficient (Wildman–Crippen LogP) is 2.51. The Morgan fingerprint density at radius 3 is 2.75 bits per heavy atom. The topological polar surface area (TPSA) is 107 Å². The molecule has 3 aromatic rings. The molecular weight excluding hydrogens is 426 g/mol. The quantitative estimate of drug-likeness (QED) is 0.533. The van der Waals surface area contributed by atoms with Crippen molar-refractivity contribution in [2.45, 2.75) is 38.5 Å². The fraction of sp³-hybridized carbons (Fsp3) is 0.500. The van der Waals surface area contributed by atoms with Gasteiger partial charge in [0.1, 0.15) is 5.82 Å². The average Bonchev–Trinajstić information content (AvgIpc) is 3.55. The number of nitrogens with zero attached hydrogens (tertiary/aromatic N) is 5. The number of piperidine rings is 1. The molecule has 2 fully saturated rings. The Morgan fingerprint density at radius 2 is 1.97 bits per heavy atom. The van der Waals surface area contributed by atoms with Crippen LogP contribution >= 0.6 is 11.3 Å². The molecule has 2 aromatic heterocycles. The number of aryl methyl sites for hydroxylation is 1. The Balaban J connectivity index is 1.05. The van der Waals surface area contributed by atoms with Crippen molar-refractivity contribution in [3.63, 3.8) is 0 Å². The Hall–Kier alpha value is -3.01. The first-order valence-corrected chi connectivity index (χ1v) is 12.1. The maximum atomic E-state index is 12.6. The van der Waals surface area contributed by atoms with Gasteiger partial charge in [-0.3, -0.25) is 14.5 Å². The summed E-state index contributed by atoms with van der Waals surface area (Å²) in [5, 5.41) is 13.1. The molecule has 2 N–H and O–H groups in total. The summed E-state index contributed by atoms with van der Waals surface area (Å²) in [5.74, 6) is 1.25. The van der Waals surface area contributed by atoms with Crippen molar-refractivity contribution in [3.8, 4) is 0 Å². The monoisotopic (exact) mass is 453 g/mol. The minimum absolute atomic E-state index is 0.0324. The third-order valence-electron chi connectivity index (χ3n) is 6.17. The lowest BCUT2D eigenvalue weighted by Gasteiger charge is -2.30. The first-order chi connectivity index (χ1) is 15.7. The number of hydrogen-bond donors (Lipinski definition) is 2. The summed E-state index contributed by atoms with van der Waals surface area (Å²) in [6.45, 7) is 2.94. The Bertz CT molecular complexity index is 1070. The SMILES string of the molecule is O=C(NCCCc1nc2ccccc2[nH]1)C1CCN(c2nnc(N3CCCC3=O)s2)CC1. The van der Waals surface area contributed by atoms with E-state index in [-0.39, 0.29) is 17.7 Å². The van der Waals surface area contributed by atoms with Crippen LogP contribution in [0.1, 0.15) is 37.9 Å². The predicted molar refractivity (Wildman–Crippen MR) is 124 cm³/mol. The van der Waals surface area contributed by atoms with E-state index >= 15 is 0 Å². The molecule has 0 spiro atoms. The lowest BCUT2D eigenvalue weighted by atomic mass is 9.96. The highest BCUT2D eigenvalue weighted by Crippen LogP contribution is 2.32. The second-order valence-corrected chi connectivity index (χ2v) is 9.31. The molecule has 4 heterocycles. The third kappa shape index (κ3) is 4.45. The second kappa shape index (κ2) is 9.23. The van der Waals surface area contributed by atoms with Crippen molar-refractivity contribution < 1.29 is 9.59 Å². The summed E-state index contributed by atoms with van der Waals surface area (Å²) < 4.78 is 0. The van der Waals surface area contributed by atoms with Gasteiger partial charge < -0.3 is 15.2 Å². The molecule has 5 rings (SSSR count). The van der Waals surface area contributed by atoms with Gasteiger partial charge in [0.25, 0.3) is 0 Å². The van der Waals surface area contributed by atoms with Gasteiger partial charge in [-0.1, -0.05) is 23.5 Å². The summed E-state index contributed by atoms with van der Waals surface area (Å²) >= 11 is 1.47. The van der Waals surface area contributed by atoms with Gasteiger partial charge in [-0.15, -0.1) is 10.2 Å². The van der Waals surface area contributed by atoms with Crippen LogP contribution in [0.15, 0.2) is 24.3 Å². The molecule has 32 heavy (non-hydrogen) atoms. The number of H-pyrrole nitrogens is 1. The molecular formula is C22H27N7O2S. The molecule has 9 nitrogen and oxygen atoms in total. The number of amides is 2. The molecule has 2 aliphatic rings. The molecule has 0 unspecified atom stereocenters. The molecule has 2 aliphatic heterocycles. The van der Waals surface area contributed by atoms with Crippen molar-refractivity contribution >= 4 is 44.4 Å². The van der Waals surface area contributed by atoms with Crippen LogP contribution in [0, 0.1) is 5.92 Å². The molecule has 2 saturated heterocycles. The van der Waals surface area contributed by atoms with Gasteiger partial charge >= 0.3 is 0 Å². The molecule has 0 atom stereocenters. The highest BCUT2D eigenvalue weighted by atomic mass is 32.1. The van der Waals surface area contributed by atoms with Crippen molar-refractivity contribution in [2.75, 3.05) is 36.0 Å². The smallest absolute Gasteiger partial charge is 0.228 e. The Morgan fingerprint density at radius 1 is 1.16 bits per heavy atom. The zero-order valence-corrected chi connectivity index (χ0v) is 18.7. The van der Waals surface area contributed by atoms with Gasteiger partial charge in [0.2, 0.25) is 22.1 Å². The van der Waals surface area contributed by atoms with Crippen molar-refractivity contribution in [3.05, 3.63) is 30.1 Å². The lowest BCUT2D eigenvalue weighted by Crippen LogP contribution is -2.40. The summed E-state index contributed by atoms with van der Waals surface area (Å²) in [6.07, 6.45) is 4.74. The Labute approximate surface area is 190 Å². The van der Waals surface area contributed by atoms with Gasteiger partial charge in [0, 0.05) is 44.9 Å². The van der Waals surface area contributed by atoms with Gasteiger partial charge in [0.15, 0.2) is 0 Å². The number of imidazole rings is 1. The second-order valence-electron chi connectivity index (χ2n) is 8.37. The zero-order valence-electron chi connectivity index (χ0n) is 17.9. The number of hydrogen-bond acceptors (Lipinski definition) is 7. The first-order valence-electron chi connectivity index (χ1n) is 11.3. The largest absolute Gasteiger partial charge is 0.356 e. The Kier molecular flexibility index (Phi) is 6.02. The van der Waals surface area contributed by atoms with Crippen LogP contribution < -0.4 is 15.1 Å². The van der Waals surface area contributed by atoms with E-state index in [1.165, 1.54) is 11.3 Å². The van der Waals surface area contributed by atoms with E-state index < -0.39 is 0 Å². The molecule has 168 valence electrons. The minimum Gasteiger partial charge on any atom is -0.356 e. The fourth-order valence-electron chi connectivity index (χ4n) is 4.36. The number of nitrogens with one attached hydrogen (secondary N) is 2. The van der Waals surface area contributed by atoms with Gasteiger partial charge in [-0.2, -0.15) is 0 Å². The normalized spacial score (nSPS) is 17.4. The fourth-order valence-corrected chi connectivity index (χ4v) is 5.31. The van der Waals surface area contributed by atoms with Crippen LogP contribution in [0.4, 0.5) is 10.3 Å². The number of anilines is 2. The van der Waals surface area contributed by atoms with Crippen LogP contribution in [-0.4, -0.2) is 58.2 Å². The number of aromatic nitrogens is 4. The average molecular weight is 454 g/mol. The van der Waals surface area contributed by atoms with Gasteiger partial charge in [-0.05, 0) is 37.8 Å². The zero-order chi connectivity index (χ0) is 21.9. The summed E-state index contributed by atoms with van der Waals surface area (Å²) in [5.41, 5.74) is 2.03. The van der Waals surface area contributed by atoms with Crippen LogP contribution in [0.25, 0.3) is 11.0 Å². The standard InChI is InChI=1S/C22H27N7O2S/c30-19-8-4-12-29(19)22-27-26-21(32-22)28-13-9-15(10-14-28)20(31)23-11-3-7-18-24-16-5-1-2-6-17(16)25-18/h1-2,5-6,15H,3-4,7-14H2,(H,23,31)(H,24,25). The number of aromatic amines is 1. The summed E-state index contributed by atoms with van der Waals surface area (Å²) in [6, 6.07) is 8.00. The summed E-state index contributed by atoms with van der Waals surface area (Å²) in [7, 11) is 0. The van der Waals surface area contributed by atoms with E-state index in [2.05, 4.69) is 30.4 Å². The van der Waals surface area contributed by atoms with E-state index in [4.69, 9.17) is 0 Å². The molecule has 0 radical (unpaired) electrons. The summed E-state index contributed by atoms with van der Waals surface area (Å²) in [4.78, 5) is 36.3. The third-order valence-corrected chi connectivity index (χ3v) is 7.18. The van der Waals surface area contributed by atoms with Crippen LogP contribution in [0.5, 0.6) is 0 Å². The molecule has 10 heteroatoms. The molecule has 2 amide bonds. The number of carbonyl (C=O) groups excluding carboxylic acids is 2. The maximum absolute atomic E-state index is 12.6. The van der Waals surface area contributed by atoms with E-state index in [1.54, 1.807) is 4.90 Å². The van der Waals surface area contributed by atoms with Crippen LogP contribution in [0.3, 0.4) is 0 Å². The van der Waals surface area contributed by atoms with Gasteiger partial charge in [0.05, 0.1) is 11.0 Å².